The third-order valence-corrected chi connectivity index (χ3v) is 3.39. The molecule has 6 heteroatoms. The lowest BCUT2D eigenvalue weighted by molar-refractivity contribution is -0.0366. The first-order valence-corrected chi connectivity index (χ1v) is 5.64. The van der Waals surface area contributed by atoms with Gasteiger partial charge in [0.05, 0.1) is 12.6 Å². The molecule has 1 N–H and O–H groups in total. The van der Waals surface area contributed by atoms with Crippen molar-refractivity contribution in [3.8, 4) is 0 Å². The van der Waals surface area contributed by atoms with Gasteiger partial charge in [0, 0.05) is 19.0 Å². The molecule has 1 aromatic heterocycles. The maximum atomic E-state index is 10.5. The summed E-state index contributed by atoms with van der Waals surface area (Å²) in [6.45, 7) is 3.05. The van der Waals surface area contributed by atoms with Crippen molar-refractivity contribution in [1.29, 1.82) is 0 Å². The first kappa shape index (κ1) is 11.5. The third-order valence-electron chi connectivity index (χ3n) is 3.39. The molecule has 0 bridgehead atoms. The highest BCUT2D eigenvalue weighted by Gasteiger charge is 2.36. The monoisotopic (exact) mass is 225 g/mol. The minimum atomic E-state index is -0.672. The molecule has 16 heavy (non-hydrogen) atoms. The van der Waals surface area contributed by atoms with Crippen LogP contribution in [0.15, 0.2) is 0 Å². The molecule has 1 saturated heterocycles. The Hall–Kier alpha value is -1.01. The summed E-state index contributed by atoms with van der Waals surface area (Å²) in [7, 11) is 3.82. The van der Waals surface area contributed by atoms with Gasteiger partial charge in [-0.15, -0.1) is 10.2 Å². The average Bonchev–Trinajstić information content (AvgIpc) is 2.58. The Labute approximate surface area is 95.2 Å². The Morgan fingerprint density at radius 3 is 2.81 bits per heavy atom. The van der Waals surface area contributed by atoms with Crippen LogP contribution in [0.5, 0.6) is 0 Å². The highest BCUT2D eigenvalue weighted by molar-refractivity contribution is 4.96. The molecule has 1 aliphatic rings. The van der Waals surface area contributed by atoms with Gasteiger partial charge in [0.1, 0.15) is 0 Å². The van der Waals surface area contributed by atoms with Gasteiger partial charge in [-0.3, -0.25) is 0 Å². The number of hydrogen-bond acceptors (Lipinski definition) is 5. The summed E-state index contributed by atoms with van der Waals surface area (Å²) in [5.74, 6) is 0.627. The topological polar surface area (TPSA) is 67.1 Å². The minimum Gasteiger partial charge on any atom is -0.389 e. The van der Waals surface area contributed by atoms with E-state index in [4.69, 9.17) is 0 Å². The Balaban J connectivity index is 2.03. The molecular formula is C10H19N5O. The maximum Gasteiger partial charge on any atom is 0.177 e. The summed E-state index contributed by atoms with van der Waals surface area (Å²) < 4.78 is 0. The summed E-state index contributed by atoms with van der Waals surface area (Å²) in [5, 5.41) is 22.3. The second-order valence-electron chi connectivity index (χ2n) is 4.88. The van der Waals surface area contributed by atoms with Crippen molar-refractivity contribution in [2.45, 2.75) is 37.8 Å². The van der Waals surface area contributed by atoms with Crippen LogP contribution in [0.4, 0.5) is 0 Å². The molecule has 90 valence electrons. The van der Waals surface area contributed by atoms with E-state index in [9.17, 15) is 5.11 Å². The normalized spacial score (nSPS) is 31.9. The quantitative estimate of drug-likeness (QED) is 0.741. The highest BCUT2D eigenvalue weighted by atomic mass is 16.3. The second-order valence-corrected chi connectivity index (χ2v) is 4.88. The fraction of sp³-hybridized carbons (Fsp3) is 0.900. The third kappa shape index (κ3) is 2.38. The number of likely N-dealkylation sites (tertiary alicyclic amines) is 1. The van der Waals surface area contributed by atoms with Gasteiger partial charge in [-0.25, -0.2) is 0 Å². The van der Waals surface area contributed by atoms with Gasteiger partial charge >= 0.3 is 0 Å². The van der Waals surface area contributed by atoms with Gasteiger partial charge in [0.25, 0.3) is 0 Å². The molecule has 2 heterocycles. The lowest BCUT2D eigenvalue weighted by atomic mass is 9.84. The van der Waals surface area contributed by atoms with Crippen molar-refractivity contribution >= 4 is 0 Å². The fourth-order valence-electron chi connectivity index (χ4n) is 2.26. The molecule has 0 aliphatic carbocycles. The molecule has 1 fully saturated rings. The Kier molecular flexibility index (Phi) is 2.94. The molecule has 0 radical (unpaired) electrons. The molecule has 2 unspecified atom stereocenters. The SMILES string of the molecule is CC1CC(O)(Cc2nnn(C)n2)CCN1C. The molecule has 0 aromatic carbocycles. The predicted octanol–water partition coefficient (Wildman–Crippen LogP) is -0.402. The zero-order valence-electron chi connectivity index (χ0n) is 10.1. The van der Waals surface area contributed by atoms with Crippen molar-refractivity contribution in [2.24, 2.45) is 7.05 Å². The van der Waals surface area contributed by atoms with Crippen LogP contribution in [0.25, 0.3) is 0 Å². The number of piperidine rings is 1. The van der Waals surface area contributed by atoms with Crippen LogP contribution >= 0.6 is 0 Å². The van der Waals surface area contributed by atoms with Crippen molar-refractivity contribution in [1.82, 2.24) is 25.1 Å². The van der Waals surface area contributed by atoms with Gasteiger partial charge in [0.2, 0.25) is 0 Å². The molecule has 2 atom stereocenters. The van der Waals surface area contributed by atoms with Crippen molar-refractivity contribution in [3.05, 3.63) is 5.82 Å². The smallest absolute Gasteiger partial charge is 0.177 e. The summed E-state index contributed by atoms with van der Waals surface area (Å²) in [6, 6.07) is 0.399. The average molecular weight is 225 g/mol. The highest BCUT2D eigenvalue weighted by Crippen LogP contribution is 2.28. The summed E-state index contributed by atoms with van der Waals surface area (Å²) >= 11 is 0. The largest absolute Gasteiger partial charge is 0.389 e. The van der Waals surface area contributed by atoms with E-state index in [1.165, 1.54) is 4.80 Å². The Morgan fingerprint density at radius 1 is 1.50 bits per heavy atom. The standard InChI is InChI=1S/C10H19N5O/c1-8-6-10(16,4-5-14(8)2)7-9-11-13-15(3)12-9/h8,16H,4-7H2,1-3H3. The van der Waals surface area contributed by atoms with Crippen LogP contribution in [0, 0.1) is 0 Å². The molecule has 1 aliphatic heterocycles. The van der Waals surface area contributed by atoms with Crippen molar-refractivity contribution in [3.63, 3.8) is 0 Å². The maximum absolute atomic E-state index is 10.5. The van der Waals surface area contributed by atoms with E-state index in [0.717, 1.165) is 19.4 Å². The van der Waals surface area contributed by atoms with Gasteiger partial charge in [-0.1, -0.05) is 0 Å². The first-order chi connectivity index (χ1) is 7.48. The van der Waals surface area contributed by atoms with Gasteiger partial charge in [-0.2, -0.15) is 4.80 Å². The molecular weight excluding hydrogens is 206 g/mol. The number of nitrogens with zero attached hydrogens (tertiary/aromatic N) is 5. The zero-order chi connectivity index (χ0) is 11.8. The summed E-state index contributed by atoms with van der Waals surface area (Å²) in [6.07, 6.45) is 2.03. The van der Waals surface area contributed by atoms with Crippen LogP contribution in [0.1, 0.15) is 25.6 Å². The molecule has 1 aromatic rings. The molecule has 0 amide bonds. The van der Waals surface area contributed by atoms with E-state index in [2.05, 4.69) is 34.3 Å². The lowest BCUT2D eigenvalue weighted by Gasteiger charge is -2.40. The Bertz CT molecular complexity index is 366. The Morgan fingerprint density at radius 2 is 2.25 bits per heavy atom. The fourth-order valence-corrected chi connectivity index (χ4v) is 2.26. The molecule has 2 rings (SSSR count). The molecule has 6 nitrogen and oxygen atoms in total. The van der Waals surface area contributed by atoms with Crippen LogP contribution in [-0.4, -0.2) is 55.4 Å². The predicted molar refractivity (Wildman–Crippen MR) is 58.8 cm³/mol. The summed E-state index contributed by atoms with van der Waals surface area (Å²) in [4.78, 5) is 3.69. The molecule has 0 spiro atoms. The number of aryl methyl sites for hydroxylation is 1. The van der Waals surface area contributed by atoms with E-state index in [-0.39, 0.29) is 0 Å². The van der Waals surface area contributed by atoms with Crippen LogP contribution < -0.4 is 0 Å². The van der Waals surface area contributed by atoms with Crippen LogP contribution in [0.3, 0.4) is 0 Å². The summed E-state index contributed by atoms with van der Waals surface area (Å²) in [5.41, 5.74) is -0.672. The number of hydrogen-bond donors (Lipinski definition) is 1. The van der Waals surface area contributed by atoms with E-state index in [1.54, 1.807) is 7.05 Å². The van der Waals surface area contributed by atoms with E-state index < -0.39 is 5.60 Å². The van der Waals surface area contributed by atoms with Gasteiger partial charge in [-0.05, 0) is 32.0 Å². The van der Waals surface area contributed by atoms with Gasteiger partial charge < -0.3 is 10.0 Å². The zero-order valence-corrected chi connectivity index (χ0v) is 10.1. The van der Waals surface area contributed by atoms with Crippen LogP contribution in [0.2, 0.25) is 0 Å². The van der Waals surface area contributed by atoms with Crippen molar-refractivity contribution in [2.75, 3.05) is 13.6 Å². The number of rotatable bonds is 2. The van der Waals surface area contributed by atoms with Gasteiger partial charge in [0.15, 0.2) is 5.82 Å². The number of tetrazole rings is 1. The van der Waals surface area contributed by atoms with Crippen molar-refractivity contribution < 1.29 is 5.11 Å². The second kappa shape index (κ2) is 4.10. The number of aromatic nitrogens is 4. The lowest BCUT2D eigenvalue weighted by Crippen LogP contribution is -2.48. The first-order valence-electron chi connectivity index (χ1n) is 5.64. The van der Waals surface area contributed by atoms with E-state index in [1.807, 2.05) is 0 Å². The van der Waals surface area contributed by atoms with E-state index >= 15 is 0 Å². The number of aliphatic hydroxyl groups is 1. The van der Waals surface area contributed by atoms with E-state index in [0.29, 0.717) is 18.3 Å². The minimum absolute atomic E-state index is 0.399. The molecule has 0 saturated carbocycles. The van der Waals surface area contributed by atoms with Crippen LogP contribution in [-0.2, 0) is 13.5 Å².